The van der Waals surface area contributed by atoms with E-state index in [2.05, 4.69) is 0 Å². The SMILES string of the molecule is O=C(c1ccsc1C(F)F)N1CCCC2(CCS(=O)(=O)C2)C1. The molecule has 1 amide bonds. The highest BCUT2D eigenvalue weighted by molar-refractivity contribution is 7.91. The van der Waals surface area contributed by atoms with Crippen molar-refractivity contribution in [3.05, 3.63) is 21.9 Å². The van der Waals surface area contributed by atoms with E-state index >= 15 is 0 Å². The number of likely N-dealkylation sites (tertiary alicyclic amines) is 1. The van der Waals surface area contributed by atoms with Gasteiger partial charge in [-0.1, -0.05) is 0 Å². The van der Waals surface area contributed by atoms with Gasteiger partial charge in [0.05, 0.1) is 21.9 Å². The summed E-state index contributed by atoms with van der Waals surface area (Å²) in [7, 11) is -3.03. The first-order valence-electron chi connectivity index (χ1n) is 7.17. The van der Waals surface area contributed by atoms with Crippen LogP contribution in [-0.2, 0) is 9.84 Å². The van der Waals surface area contributed by atoms with Gasteiger partial charge in [-0.25, -0.2) is 17.2 Å². The molecule has 3 rings (SSSR count). The van der Waals surface area contributed by atoms with E-state index in [0.29, 0.717) is 19.5 Å². The summed E-state index contributed by atoms with van der Waals surface area (Å²) in [6, 6.07) is 1.43. The second-order valence-electron chi connectivity index (χ2n) is 6.17. The second-order valence-corrected chi connectivity index (χ2v) is 9.30. The van der Waals surface area contributed by atoms with Crippen LogP contribution in [0.25, 0.3) is 0 Å². The zero-order chi connectivity index (χ0) is 16.0. The number of piperidine rings is 1. The lowest BCUT2D eigenvalue weighted by Gasteiger charge is -2.39. The normalized spacial score (nSPS) is 27.7. The monoisotopic (exact) mass is 349 g/mol. The molecule has 0 saturated carbocycles. The van der Waals surface area contributed by atoms with Gasteiger partial charge in [-0.05, 0) is 30.7 Å². The smallest absolute Gasteiger partial charge is 0.273 e. The maximum absolute atomic E-state index is 12.9. The van der Waals surface area contributed by atoms with E-state index in [0.717, 1.165) is 24.2 Å². The average molecular weight is 349 g/mol. The van der Waals surface area contributed by atoms with Crippen LogP contribution in [0.4, 0.5) is 8.78 Å². The highest BCUT2D eigenvalue weighted by atomic mass is 32.2. The van der Waals surface area contributed by atoms with Gasteiger partial charge in [0, 0.05) is 18.5 Å². The summed E-state index contributed by atoms with van der Waals surface area (Å²) in [6.07, 6.45) is -0.606. The highest BCUT2D eigenvalue weighted by Crippen LogP contribution is 2.41. The first-order chi connectivity index (χ1) is 10.3. The first kappa shape index (κ1) is 15.9. The van der Waals surface area contributed by atoms with Gasteiger partial charge < -0.3 is 4.90 Å². The molecule has 2 fully saturated rings. The molecule has 2 aliphatic heterocycles. The second kappa shape index (κ2) is 5.56. The molecule has 1 aromatic heterocycles. The van der Waals surface area contributed by atoms with Crippen molar-refractivity contribution in [2.24, 2.45) is 5.41 Å². The number of hydrogen-bond donors (Lipinski definition) is 0. The average Bonchev–Trinajstić information content (AvgIpc) is 3.03. The van der Waals surface area contributed by atoms with Crippen molar-refractivity contribution in [2.45, 2.75) is 25.7 Å². The van der Waals surface area contributed by atoms with Crippen LogP contribution in [0, 0.1) is 5.41 Å². The first-order valence-corrected chi connectivity index (χ1v) is 9.87. The van der Waals surface area contributed by atoms with Crippen LogP contribution in [0.5, 0.6) is 0 Å². The number of nitrogens with zero attached hydrogens (tertiary/aromatic N) is 1. The standard InChI is InChI=1S/C14H17F2NO3S2/c15-12(16)11-10(2-6-21-11)13(18)17-5-1-3-14(8-17)4-7-22(19,20)9-14/h2,6,12H,1,3-5,7-9H2. The van der Waals surface area contributed by atoms with Gasteiger partial charge in [0.15, 0.2) is 9.84 Å². The van der Waals surface area contributed by atoms with Gasteiger partial charge in [0.2, 0.25) is 0 Å². The lowest BCUT2D eigenvalue weighted by molar-refractivity contribution is 0.0556. The zero-order valence-corrected chi connectivity index (χ0v) is 13.6. The molecule has 1 spiro atoms. The summed E-state index contributed by atoms with van der Waals surface area (Å²) in [5.41, 5.74) is -0.328. The number of thiophene rings is 1. The number of sulfone groups is 1. The molecule has 0 radical (unpaired) electrons. The fourth-order valence-corrected chi connectivity index (χ4v) is 6.46. The summed E-state index contributed by atoms with van der Waals surface area (Å²) in [5, 5.41) is 1.49. The van der Waals surface area contributed by atoms with Gasteiger partial charge in [0.1, 0.15) is 0 Å². The van der Waals surface area contributed by atoms with Crippen LogP contribution in [0.2, 0.25) is 0 Å². The van der Waals surface area contributed by atoms with Crippen molar-refractivity contribution < 1.29 is 22.0 Å². The third kappa shape index (κ3) is 2.90. The Morgan fingerprint density at radius 3 is 2.77 bits per heavy atom. The fraction of sp³-hybridized carbons (Fsp3) is 0.643. The summed E-state index contributed by atoms with van der Waals surface area (Å²) >= 11 is 0.880. The molecule has 0 bridgehead atoms. The highest BCUT2D eigenvalue weighted by Gasteiger charge is 2.45. The third-order valence-corrected chi connectivity index (χ3v) is 7.34. The Morgan fingerprint density at radius 2 is 2.14 bits per heavy atom. The summed E-state index contributed by atoms with van der Waals surface area (Å²) in [4.78, 5) is 13.9. The number of rotatable bonds is 2. The number of hydrogen-bond acceptors (Lipinski definition) is 4. The minimum atomic E-state index is -3.03. The van der Waals surface area contributed by atoms with Gasteiger partial charge in [-0.2, -0.15) is 0 Å². The molecule has 122 valence electrons. The van der Waals surface area contributed by atoms with Crippen molar-refractivity contribution in [2.75, 3.05) is 24.6 Å². The van der Waals surface area contributed by atoms with Crippen LogP contribution in [0.1, 0.15) is 40.9 Å². The van der Waals surface area contributed by atoms with E-state index < -0.39 is 22.2 Å². The third-order valence-electron chi connectivity index (χ3n) is 4.54. The van der Waals surface area contributed by atoms with Crippen LogP contribution in [0.15, 0.2) is 11.4 Å². The predicted molar refractivity (Wildman–Crippen MR) is 80.1 cm³/mol. The molecule has 0 aliphatic carbocycles. The van der Waals surface area contributed by atoms with Crippen molar-refractivity contribution in [3.63, 3.8) is 0 Å². The van der Waals surface area contributed by atoms with E-state index in [-0.39, 0.29) is 27.4 Å². The largest absolute Gasteiger partial charge is 0.338 e. The van der Waals surface area contributed by atoms with Gasteiger partial charge in [-0.3, -0.25) is 4.79 Å². The molecule has 1 atom stereocenters. The van der Waals surface area contributed by atoms with Crippen LogP contribution in [0.3, 0.4) is 0 Å². The van der Waals surface area contributed by atoms with Crippen molar-refractivity contribution in [3.8, 4) is 0 Å². The molecule has 1 aromatic rings. The maximum Gasteiger partial charge on any atom is 0.273 e. The van der Waals surface area contributed by atoms with E-state index in [1.54, 1.807) is 4.90 Å². The topological polar surface area (TPSA) is 54.5 Å². The Bertz CT molecular complexity index is 686. The van der Waals surface area contributed by atoms with Gasteiger partial charge in [0.25, 0.3) is 12.3 Å². The Morgan fingerprint density at radius 1 is 1.36 bits per heavy atom. The Balaban J connectivity index is 1.80. The molecular weight excluding hydrogens is 332 g/mol. The van der Waals surface area contributed by atoms with Crippen molar-refractivity contribution in [1.29, 1.82) is 0 Å². The fourth-order valence-electron chi connectivity index (χ4n) is 3.52. The van der Waals surface area contributed by atoms with E-state index in [9.17, 15) is 22.0 Å². The molecule has 2 aliphatic rings. The minimum absolute atomic E-state index is 0.0536. The summed E-state index contributed by atoms with van der Waals surface area (Å²) < 4.78 is 49.4. The molecule has 8 heteroatoms. The molecule has 2 saturated heterocycles. The lowest BCUT2D eigenvalue weighted by Crippen LogP contribution is -2.46. The zero-order valence-electron chi connectivity index (χ0n) is 11.9. The molecule has 22 heavy (non-hydrogen) atoms. The van der Waals surface area contributed by atoms with Gasteiger partial charge >= 0.3 is 0 Å². The Hall–Kier alpha value is -1.02. The van der Waals surface area contributed by atoms with Crippen LogP contribution in [-0.4, -0.2) is 43.8 Å². The molecular formula is C14H17F2NO3S2. The Labute approximate surface area is 132 Å². The lowest BCUT2D eigenvalue weighted by atomic mass is 9.79. The minimum Gasteiger partial charge on any atom is -0.338 e. The van der Waals surface area contributed by atoms with Crippen LogP contribution < -0.4 is 0 Å². The van der Waals surface area contributed by atoms with Gasteiger partial charge in [-0.15, -0.1) is 11.3 Å². The van der Waals surface area contributed by atoms with Crippen molar-refractivity contribution in [1.82, 2.24) is 4.90 Å². The molecule has 1 unspecified atom stereocenters. The number of alkyl halides is 2. The maximum atomic E-state index is 12.9. The Kier molecular flexibility index (Phi) is 4.01. The summed E-state index contributed by atoms with van der Waals surface area (Å²) in [5.74, 6) is -0.134. The number of carbonyl (C=O) groups excluding carboxylic acids is 1. The predicted octanol–water partition coefficient (Wildman–Crippen LogP) is 2.73. The molecule has 3 heterocycles. The molecule has 4 nitrogen and oxygen atoms in total. The summed E-state index contributed by atoms with van der Waals surface area (Å²) in [6.45, 7) is 0.850. The van der Waals surface area contributed by atoms with E-state index in [1.807, 2.05) is 0 Å². The quantitative estimate of drug-likeness (QED) is 0.825. The van der Waals surface area contributed by atoms with E-state index in [1.165, 1.54) is 11.4 Å². The number of halogens is 2. The number of amides is 1. The van der Waals surface area contributed by atoms with Crippen molar-refractivity contribution >= 4 is 27.1 Å². The van der Waals surface area contributed by atoms with Crippen LogP contribution >= 0.6 is 11.3 Å². The molecule has 0 aromatic carbocycles. The molecule has 0 N–H and O–H groups in total. The van der Waals surface area contributed by atoms with E-state index in [4.69, 9.17) is 0 Å². The number of carbonyl (C=O) groups is 1.